The Bertz CT molecular complexity index is 616. The molecule has 98 valence electrons. The van der Waals surface area contributed by atoms with Gasteiger partial charge in [0.25, 0.3) is 10.0 Å². The molecule has 0 fully saturated rings. The first-order valence-corrected chi connectivity index (χ1v) is 6.74. The van der Waals surface area contributed by atoms with Crippen molar-refractivity contribution in [1.82, 2.24) is 25.1 Å². The fraction of sp³-hybridized carbons (Fsp3) is 0.333. The summed E-state index contributed by atoms with van der Waals surface area (Å²) in [5.74, 6) is 0. The maximum absolute atomic E-state index is 12.0. The molecule has 0 atom stereocenters. The summed E-state index contributed by atoms with van der Waals surface area (Å²) in [5, 5.41) is 12.7. The van der Waals surface area contributed by atoms with E-state index in [2.05, 4.69) is 25.1 Å². The average Bonchev–Trinajstić information content (AvgIpc) is 2.95. The molecule has 2 rings (SSSR count). The zero-order valence-corrected chi connectivity index (χ0v) is 10.6. The van der Waals surface area contributed by atoms with Gasteiger partial charge in [-0.1, -0.05) is 0 Å². The van der Waals surface area contributed by atoms with Crippen LogP contribution in [0, 0.1) is 6.92 Å². The van der Waals surface area contributed by atoms with Gasteiger partial charge >= 0.3 is 0 Å². The number of rotatable bonds is 5. The molecule has 0 spiro atoms. The summed E-state index contributed by atoms with van der Waals surface area (Å²) in [6.07, 6.45) is 3.16. The minimum Gasteiger partial charge on any atom is -0.326 e. The van der Waals surface area contributed by atoms with Gasteiger partial charge in [0.05, 0.1) is 6.20 Å². The number of aryl methyl sites for hydroxylation is 1. The van der Waals surface area contributed by atoms with Crippen molar-refractivity contribution in [1.29, 1.82) is 0 Å². The Kier molecular flexibility index (Phi) is 3.45. The van der Waals surface area contributed by atoms with Gasteiger partial charge < -0.3 is 5.73 Å². The van der Waals surface area contributed by atoms with E-state index in [1.54, 1.807) is 19.3 Å². The van der Waals surface area contributed by atoms with Crippen LogP contribution in [0.5, 0.6) is 0 Å². The van der Waals surface area contributed by atoms with Crippen LogP contribution in [0.25, 0.3) is 0 Å². The van der Waals surface area contributed by atoms with Crippen molar-refractivity contribution in [3.8, 4) is 0 Å². The van der Waals surface area contributed by atoms with Crippen LogP contribution in [0.4, 0.5) is 0 Å². The van der Waals surface area contributed by atoms with Crippen LogP contribution in [-0.2, 0) is 23.1 Å². The van der Waals surface area contributed by atoms with E-state index in [-0.39, 0.29) is 18.1 Å². The Labute approximate surface area is 104 Å². The molecule has 2 heterocycles. The van der Waals surface area contributed by atoms with Crippen LogP contribution in [0.3, 0.4) is 0 Å². The molecule has 0 unspecified atom stereocenters. The summed E-state index contributed by atoms with van der Waals surface area (Å²) in [7, 11) is -3.67. The minimum atomic E-state index is -3.67. The predicted octanol–water partition coefficient (Wildman–Crippen LogP) is -0.622. The molecule has 2 aromatic heterocycles. The van der Waals surface area contributed by atoms with Crippen molar-refractivity contribution in [2.45, 2.75) is 25.0 Å². The first-order valence-electron chi connectivity index (χ1n) is 5.26. The van der Waals surface area contributed by atoms with E-state index >= 15 is 0 Å². The summed E-state index contributed by atoms with van der Waals surface area (Å²) in [6, 6.07) is 0. The first kappa shape index (κ1) is 12.7. The third kappa shape index (κ3) is 2.42. The lowest BCUT2D eigenvalue weighted by molar-refractivity contribution is 0.575. The standard InChI is InChI=1S/C9H14N6O2S/c1-6-8(2-10)9(15-14-6)18(16,17)13-5-7-3-11-12-4-7/h3-4,13H,2,5,10H2,1H3,(H,11,12)(H,14,15). The van der Waals surface area contributed by atoms with Gasteiger partial charge in [0.2, 0.25) is 0 Å². The highest BCUT2D eigenvalue weighted by Gasteiger charge is 2.22. The molecule has 5 N–H and O–H groups in total. The monoisotopic (exact) mass is 270 g/mol. The van der Waals surface area contributed by atoms with E-state index in [0.29, 0.717) is 11.3 Å². The molecular weight excluding hydrogens is 256 g/mol. The maximum Gasteiger partial charge on any atom is 0.260 e. The summed E-state index contributed by atoms with van der Waals surface area (Å²) < 4.78 is 26.5. The topological polar surface area (TPSA) is 130 Å². The van der Waals surface area contributed by atoms with E-state index in [1.165, 1.54) is 0 Å². The van der Waals surface area contributed by atoms with Gasteiger partial charge in [0.1, 0.15) is 0 Å². The highest BCUT2D eigenvalue weighted by Crippen LogP contribution is 2.15. The zero-order chi connectivity index (χ0) is 13.2. The normalized spacial score (nSPS) is 11.9. The Balaban J connectivity index is 2.20. The second-order valence-corrected chi connectivity index (χ2v) is 5.45. The number of nitrogens with zero attached hydrogens (tertiary/aromatic N) is 2. The van der Waals surface area contributed by atoms with Crippen molar-refractivity contribution in [2.24, 2.45) is 5.73 Å². The van der Waals surface area contributed by atoms with E-state index in [1.807, 2.05) is 0 Å². The van der Waals surface area contributed by atoms with Crippen molar-refractivity contribution < 1.29 is 8.42 Å². The average molecular weight is 270 g/mol. The molecule has 18 heavy (non-hydrogen) atoms. The molecule has 8 nitrogen and oxygen atoms in total. The fourth-order valence-electron chi connectivity index (χ4n) is 1.51. The molecule has 9 heteroatoms. The maximum atomic E-state index is 12.0. The van der Waals surface area contributed by atoms with E-state index in [9.17, 15) is 8.42 Å². The van der Waals surface area contributed by atoms with Crippen LogP contribution in [0.15, 0.2) is 17.4 Å². The molecule has 0 radical (unpaired) electrons. The van der Waals surface area contributed by atoms with Gasteiger partial charge in [-0.15, -0.1) is 0 Å². The molecule has 0 aromatic carbocycles. The lowest BCUT2D eigenvalue weighted by Crippen LogP contribution is -2.25. The van der Waals surface area contributed by atoms with Gasteiger partial charge in [-0.2, -0.15) is 10.2 Å². The molecule has 0 aliphatic carbocycles. The molecule has 0 amide bonds. The Hall–Kier alpha value is -1.71. The van der Waals surface area contributed by atoms with Crippen molar-refractivity contribution >= 4 is 10.0 Å². The molecular formula is C9H14N6O2S. The number of hydrogen-bond acceptors (Lipinski definition) is 5. The number of aromatic amines is 2. The highest BCUT2D eigenvalue weighted by molar-refractivity contribution is 7.89. The SMILES string of the molecule is Cc1[nH]nc(S(=O)(=O)NCc2cn[nH]c2)c1CN. The third-order valence-corrected chi connectivity index (χ3v) is 3.89. The van der Waals surface area contributed by atoms with E-state index in [0.717, 1.165) is 5.56 Å². The summed E-state index contributed by atoms with van der Waals surface area (Å²) in [6.45, 7) is 1.99. The molecule has 2 aromatic rings. The van der Waals surface area contributed by atoms with E-state index in [4.69, 9.17) is 5.73 Å². The van der Waals surface area contributed by atoms with Crippen LogP contribution < -0.4 is 10.5 Å². The Morgan fingerprint density at radius 3 is 2.89 bits per heavy atom. The number of hydrogen-bond donors (Lipinski definition) is 4. The number of sulfonamides is 1. The smallest absolute Gasteiger partial charge is 0.260 e. The molecule has 0 saturated carbocycles. The predicted molar refractivity (Wildman–Crippen MR) is 63.8 cm³/mol. The van der Waals surface area contributed by atoms with Crippen LogP contribution in [-0.4, -0.2) is 28.8 Å². The van der Waals surface area contributed by atoms with Crippen molar-refractivity contribution in [2.75, 3.05) is 0 Å². The third-order valence-electron chi connectivity index (χ3n) is 2.52. The fourth-order valence-corrected chi connectivity index (χ4v) is 2.73. The second kappa shape index (κ2) is 4.88. The molecule has 0 bridgehead atoms. The number of aromatic nitrogens is 4. The van der Waals surface area contributed by atoms with Gasteiger partial charge in [-0.25, -0.2) is 13.1 Å². The molecule has 0 saturated heterocycles. The Morgan fingerprint density at radius 2 is 2.28 bits per heavy atom. The Morgan fingerprint density at radius 1 is 1.50 bits per heavy atom. The van der Waals surface area contributed by atoms with Gasteiger partial charge in [-0.05, 0) is 6.92 Å². The van der Waals surface area contributed by atoms with Gasteiger partial charge in [0.15, 0.2) is 5.03 Å². The van der Waals surface area contributed by atoms with Crippen LogP contribution in [0.1, 0.15) is 16.8 Å². The molecule has 0 aliphatic heterocycles. The quantitative estimate of drug-likeness (QED) is 0.575. The largest absolute Gasteiger partial charge is 0.326 e. The van der Waals surface area contributed by atoms with Crippen molar-refractivity contribution in [3.63, 3.8) is 0 Å². The zero-order valence-electron chi connectivity index (χ0n) is 9.77. The summed E-state index contributed by atoms with van der Waals surface area (Å²) in [4.78, 5) is 0. The number of nitrogens with two attached hydrogens (primary N) is 1. The minimum absolute atomic E-state index is 0.0500. The molecule has 0 aliphatic rings. The summed E-state index contributed by atoms with van der Waals surface area (Å²) in [5.41, 5.74) is 7.40. The lowest BCUT2D eigenvalue weighted by Gasteiger charge is -2.04. The highest BCUT2D eigenvalue weighted by atomic mass is 32.2. The van der Waals surface area contributed by atoms with Crippen LogP contribution in [0.2, 0.25) is 0 Å². The van der Waals surface area contributed by atoms with Crippen LogP contribution >= 0.6 is 0 Å². The number of nitrogens with one attached hydrogen (secondary N) is 3. The van der Waals surface area contributed by atoms with Gasteiger partial charge in [0, 0.05) is 36.1 Å². The van der Waals surface area contributed by atoms with Gasteiger partial charge in [-0.3, -0.25) is 10.2 Å². The van der Waals surface area contributed by atoms with Crippen molar-refractivity contribution in [3.05, 3.63) is 29.2 Å². The van der Waals surface area contributed by atoms with E-state index < -0.39 is 10.0 Å². The lowest BCUT2D eigenvalue weighted by atomic mass is 10.3. The summed E-state index contributed by atoms with van der Waals surface area (Å²) >= 11 is 0. The number of H-pyrrole nitrogens is 2. The first-order chi connectivity index (χ1) is 8.54. The second-order valence-electron chi connectivity index (χ2n) is 3.77.